The summed E-state index contributed by atoms with van der Waals surface area (Å²) in [6, 6.07) is 10.7. The van der Waals surface area contributed by atoms with Crippen molar-refractivity contribution in [1.29, 1.82) is 0 Å². The van der Waals surface area contributed by atoms with Gasteiger partial charge in [0.2, 0.25) is 12.5 Å². The molecule has 244 valence electrons. The maximum absolute atomic E-state index is 13.5. The van der Waals surface area contributed by atoms with Gasteiger partial charge in [0, 0.05) is 11.8 Å². The van der Waals surface area contributed by atoms with E-state index in [2.05, 4.69) is 0 Å². The van der Waals surface area contributed by atoms with Crippen molar-refractivity contribution in [2.75, 3.05) is 34.2 Å². The highest BCUT2D eigenvalue weighted by molar-refractivity contribution is 7.10. The molecular formula is C32H32O13S. The third-order valence-electron chi connectivity index (χ3n) is 9.37. The Hall–Kier alpha value is -3.63. The third kappa shape index (κ3) is 4.70. The number of aliphatic hydroxyl groups is 2. The molecular weight excluding hydrogens is 624 g/mol. The molecule has 4 aliphatic heterocycles. The van der Waals surface area contributed by atoms with Gasteiger partial charge in [-0.15, -0.1) is 11.3 Å². The zero-order chi connectivity index (χ0) is 31.7. The highest BCUT2D eigenvalue weighted by Gasteiger charge is 2.56. The largest absolute Gasteiger partial charge is 0.502 e. The Morgan fingerprint density at radius 1 is 0.913 bits per heavy atom. The van der Waals surface area contributed by atoms with Crippen LogP contribution in [-0.4, -0.2) is 86.2 Å². The van der Waals surface area contributed by atoms with E-state index in [1.807, 2.05) is 23.6 Å². The number of ether oxygens (including phenoxy) is 9. The molecule has 5 aliphatic rings. The molecule has 46 heavy (non-hydrogen) atoms. The fraction of sp³-hybridized carbons (Fsp3) is 0.469. The smallest absolute Gasteiger partial charge is 0.310 e. The molecule has 1 aromatic heterocycles. The number of methoxy groups -OCH3 is 2. The van der Waals surface area contributed by atoms with E-state index in [4.69, 9.17) is 42.6 Å². The normalized spacial score (nSPS) is 34.3. The highest BCUT2D eigenvalue weighted by atomic mass is 32.1. The quantitative estimate of drug-likeness (QED) is 0.333. The zero-order valence-corrected chi connectivity index (χ0v) is 25.6. The number of phenols is 1. The SMILES string of the molecule is COc1cc([C@H]2c3cc4c(cc3C(OC3OC5COC(c6cccs6)OC5C(O)C3O)C3COC(=O)[C@H]32)OCO4)cc(OC)c1O. The van der Waals surface area contributed by atoms with E-state index in [0.29, 0.717) is 28.2 Å². The number of aromatic hydroxyl groups is 1. The number of cyclic esters (lactones) is 1. The fourth-order valence-electron chi connectivity index (χ4n) is 7.18. The van der Waals surface area contributed by atoms with Crippen molar-refractivity contribution in [2.24, 2.45) is 11.8 Å². The maximum atomic E-state index is 13.5. The number of hydrogen-bond donors (Lipinski definition) is 3. The van der Waals surface area contributed by atoms with Gasteiger partial charge in [-0.25, -0.2) is 0 Å². The van der Waals surface area contributed by atoms with Crippen molar-refractivity contribution < 1.29 is 62.7 Å². The third-order valence-corrected chi connectivity index (χ3v) is 10.3. The molecule has 0 amide bonds. The van der Waals surface area contributed by atoms with Crippen LogP contribution in [0.25, 0.3) is 0 Å². The average Bonchev–Trinajstić information content (AvgIpc) is 3.85. The standard InChI is InChI=1S/C32H32O13S/c1-37-19-6-13(7-20(38-2)25(19)33)23-14-8-17-18(42-12-41-17)9-15(14)28(16-10-39-30(36)24(16)23)44-32-27(35)26(34)29-21(43-32)11-40-31(45-29)22-4-3-5-46-22/h3-9,16,21,23-24,26-29,31-35H,10-12H2,1-2H3/t16?,21?,23-,24+,26?,27?,28?,29?,31?,32?/m0/s1. The monoisotopic (exact) mass is 656 g/mol. The molecule has 5 heterocycles. The van der Waals surface area contributed by atoms with Gasteiger partial charge in [0.05, 0.1) is 44.3 Å². The van der Waals surface area contributed by atoms with Gasteiger partial charge in [0.15, 0.2) is 35.6 Å². The minimum Gasteiger partial charge on any atom is -0.502 e. The molecule has 8 rings (SSSR count). The van der Waals surface area contributed by atoms with Gasteiger partial charge < -0.3 is 58.0 Å². The molecule has 13 nitrogen and oxygen atoms in total. The Balaban J connectivity index is 1.16. The van der Waals surface area contributed by atoms with Gasteiger partial charge in [-0.05, 0) is 52.4 Å². The maximum Gasteiger partial charge on any atom is 0.310 e. The lowest BCUT2D eigenvalue weighted by Gasteiger charge is -2.48. The number of benzene rings is 2. The Morgan fingerprint density at radius 3 is 2.35 bits per heavy atom. The lowest BCUT2D eigenvalue weighted by atomic mass is 9.66. The van der Waals surface area contributed by atoms with E-state index in [1.165, 1.54) is 25.6 Å². The summed E-state index contributed by atoms with van der Waals surface area (Å²) >= 11 is 1.46. The zero-order valence-electron chi connectivity index (χ0n) is 24.8. The molecule has 3 fully saturated rings. The number of aliphatic hydroxyl groups excluding tert-OH is 2. The number of rotatable bonds is 6. The molecule has 0 spiro atoms. The molecule has 10 atom stereocenters. The summed E-state index contributed by atoms with van der Waals surface area (Å²) in [4.78, 5) is 14.3. The van der Waals surface area contributed by atoms with Crippen molar-refractivity contribution in [3.05, 3.63) is 63.3 Å². The van der Waals surface area contributed by atoms with Crippen LogP contribution < -0.4 is 18.9 Å². The topological polar surface area (TPSA) is 161 Å². The Labute approximate surface area is 267 Å². The fourth-order valence-corrected chi connectivity index (χ4v) is 7.89. The number of phenolic OH excluding ortho intramolecular Hbond substituents is 1. The van der Waals surface area contributed by atoms with Crippen molar-refractivity contribution in [3.63, 3.8) is 0 Å². The van der Waals surface area contributed by atoms with Crippen molar-refractivity contribution in [1.82, 2.24) is 0 Å². The summed E-state index contributed by atoms with van der Waals surface area (Å²) in [5.74, 6) is -1.08. The number of carbonyl (C=O) groups is 1. The molecule has 1 aliphatic carbocycles. The van der Waals surface area contributed by atoms with E-state index < -0.39 is 66.8 Å². The number of esters is 1. The van der Waals surface area contributed by atoms with Crippen LogP contribution >= 0.6 is 11.3 Å². The number of fused-ring (bicyclic) bond motifs is 4. The van der Waals surface area contributed by atoms with Crippen LogP contribution in [0, 0.1) is 11.8 Å². The minimum atomic E-state index is -1.47. The Kier molecular flexibility index (Phi) is 7.48. The number of thiophene rings is 1. The summed E-state index contributed by atoms with van der Waals surface area (Å²) in [6.45, 7) is 0.171. The molecule has 3 N–H and O–H groups in total. The second-order valence-corrected chi connectivity index (χ2v) is 12.7. The average molecular weight is 657 g/mol. The summed E-state index contributed by atoms with van der Waals surface area (Å²) in [5, 5.41) is 35.0. The first-order valence-electron chi connectivity index (χ1n) is 14.9. The van der Waals surface area contributed by atoms with Gasteiger partial charge >= 0.3 is 5.97 Å². The first-order valence-corrected chi connectivity index (χ1v) is 15.8. The number of hydrogen-bond acceptors (Lipinski definition) is 14. The van der Waals surface area contributed by atoms with Gasteiger partial charge in [-0.2, -0.15) is 0 Å². The molecule has 8 unspecified atom stereocenters. The molecule has 2 aromatic carbocycles. The van der Waals surface area contributed by atoms with Gasteiger partial charge in [0.1, 0.15) is 24.4 Å². The van der Waals surface area contributed by atoms with Gasteiger partial charge in [0.25, 0.3) is 0 Å². The summed E-state index contributed by atoms with van der Waals surface area (Å²) in [7, 11) is 2.86. The molecule has 3 aromatic rings. The minimum absolute atomic E-state index is 0.0242. The van der Waals surface area contributed by atoms with E-state index >= 15 is 0 Å². The second-order valence-electron chi connectivity index (χ2n) is 11.8. The van der Waals surface area contributed by atoms with E-state index in [0.717, 1.165) is 4.88 Å². The van der Waals surface area contributed by atoms with Crippen molar-refractivity contribution >= 4 is 17.3 Å². The summed E-state index contributed by atoms with van der Waals surface area (Å²) < 4.78 is 52.6. The van der Waals surface area contributed by atoms with Crippen molar-refractivity contribution in [2.45, 2.75) is 49.0 Å². The summed E-state index contributed by atoms with van der Waals surface area (Å²) in [5.41, 5.74) is 2.00. The van der Waals surface area contributed by atoms with E-state index in [-0.39, 0.29) is 37.3 Å². The predicted molar refractivity (Wildman–Crippen MR) is 156 cm³/mol. The first-order chi connectivity index (χ1) is 22.4. The predicted octanol–water partition coefficient (Wildman–Crippen LogP) is 2.75. The molecule has 0 radical (unpaired) electrons. The molecule has 0 bridgehead atoms. The van der Waals surface area contributed by atoms with Crippen LogP contribution in [-0.2, 0) is 28.5 Å². The van der Waals surface area contributed by atoms with Crippen LogP contribution in [0.3, 0.4) is 0 Å². The molecule has 14 heteroatoms. The van der Waals surface area contributed by atoms with Crippen LogP contribution in [0.2, 0.25) is 0 Å². The Morgan fingerprint density at radius 2 is 1.65 bits per heavy atom. The number of carbonyl (C=O) groups excluding carboxylic acids is 1. The lowest BCUT2D eigenvalue weighted by Crippen LogP contribution is -2.62. The van der Waals surface area contributed by atoms with Gasteiger partial charge in [-0.3, -0.25) is 4.79 Å². The van der Waals surface area contributed by atoms with Crippen LogP contribution in [0.15, 0.2) is 41.8 Å². The van der Waals surface area contributed by atoms with Crippen molar-refractivity contribution in [3.8, 4) is 28.7 Å². The van der Waals surface area contributed by atoms with Gasteiger partial charge in [-0.1, -0.05) is 6.07 Å². The molecule has 3 saturated heterocycles. The second kappa shape index (κ2) is 11.6. The first kappa shape index (κ1) is 29.8. The lowest BCUT2D eigenvalue weighted by molar-refractivity contribution is -0.368. The van der Waals surface area contributed by atoms with Crippen LogP contribution in [0.1, 0.15) is 39.9 Å². The van der Waals surface area contributed by atoms with E-state index in [9.17, 15) is 20.1 Å². The Bertz CT molecular complexity index is 1600. The summed E-state index contributed by atoms with van der Waals surface area (Å²) in [6.07, 6.45) is -7.16. The molecule has 0 saturated carbocycles. The van der Waals surface area contributed by atoms with E-state index in [1.54, 1.807) is 18.2 Å². The van der Waals surface area contributed by atoms with Crippen LogP contribution in [0.4, 0.5) is 0 Å². The van der Waals surface area contributed by atoms with Crippen LogP contribution in [0.5, 0.6) is 28.7 Å². The highest BCUT2D eigenvalue weighted by Crippen LogP contribution is 2.57.